The fourth-order valence-corrected chi connectivity index (χ4v) is 2.29. The van der Waals surface area contributed by atoms with E-state index in [1.807, 2.05) is 30.6 Å². The zero-order valence-electron chi connectivity index (χ0n) is 11.8. The molecule has 0 atom stereocenters. The monoisotopic (exact) mass is 279 g/mol. The Morgan fingerprint density at radius 2 is 1.81 bits per heavy atom. The highest BCUT2D eigenvalue weighted by molar-refractivity contribution is 5.54. The first-order valence-corrected chi connectivity index (χ1v) is 7.12. The summed E-state index contributed by atoms with van der Waals surface area (Å²) in [5, 5.41) is 7.84. The summed E-state index contributed by atoms with van der Waals surface area (Å²) < 4.78 is 2.19. The van der Waals surface area contributed by atoms with Gasteiger partial charge in [0.1, 0.15) is 5.82 Å². The van der Waals surface area contributed by atoms with Crippen molar-refractivity contribution < 1.29 is 0 Å². The predicted molar refractivity (Wildman–Crippen MR) is 80.4 cm³/mol. The summed E-state index contributed by atoms with van der Waals surface area (Å²) in [4.78, 5) is 8.64. The minimum Gasteiger partial charge on any atom is -0.331 e. The topological polar surface area (TPSA) is 56.5 Å². The fraction of sp³-hybridized carbons (Fsp3) is 0.250. The van der Waals surface area contributed by atoms with E-state index in [0.29, 0.717) is 0 Å². The molecule has 5 nitrogen and oxygen atoms in total. The third kappa shape index (κ3) is 3.51. The Morgan fingerprint density at radius 1 is 0.905 bits per heavy atom. The number of aromatic nitrogens is 5. The summed E-state index contributed by atoms with van der Waals surface area (Å²) in [5.41, 5.74) is 1.15. The van der Waals surface area contributed by atoms with Crippen LogP contribution in [0.2, 0.25) is 0 Å². The zero-order valence-corrected chi connectivity index (χ0v) is 11.8. The van der Waals surface area contributed by atoms with E-state index in [-0.39, 0.29) is 0 Å². The molecule has 0 aliphatic heterocycles. The highest BCUT2D eigenvalue weighted by Gasteiger charge is 2.05. The van der Waals surface area contributed by atoms with Gasteiger partial charge >= 0.3 is 0 Å². The molecule has 0 saturated heterocycles. The molecule has 0 spiro atoms. The van der Waals surface area contributed by atoms with Gasteiger partial charge in [0.15, 0.2) is 5.82 Å². The van der Waals surface area contributed by atoms with Gasteiger partial charge in [-0.2, -0.15) is 5.10 Å². The van der Waals surface area contributed by atoms with Crippen LogP contribution in [0, 0.1) is 0 Å². The highest BCUT2D eigenvalue weighted by Crippen LogP contribution is 2.17. The average molecular weight is 279 g/mol. The Bertz CT molecular complexity index is 663. The van der Waals surface area contributed by atoms with Gasteiger partial charge in [-0.25, -0.2) is 9.97 Å². The number of unbranched alkanes of at least 4 members (excludes halogenated alkanes) is 1. The van der Waals surface area contributed by atoms with Crippen molar-refractivity contribution in [3.8, 4) is 11.4 Å². The SMILES string of the molecule is c1ccc(-c2nccn2CCCCc2nccnn2)cc1. The third-order valence-electron chi connectivity index (χ3n) is 3.33. The summed E-state index contributed by atoms with van der Waals surface area (Å²) >= 11 is 0. The van der Waals surface area contributed by atoms with Crippen LogP contribution in [0.25, 0.3) is 11.4 Å². The number of aryl methyl sites for hydroxylation is 2. The number of nitrogens with zero attached hydrogens (tertiary/aromatic N) is 5. The second-order valence-electron chi connectivity index (χ2n) is 4.83. The third-order valence-corrected chi connectivity index (χ3v) is 3.33. The van der Waals surface area contributed by atoms with E-state index in [0.717, 1.165) is 43.0 Å². The Morgan fingerprint density at radius 3 is 2.62 bits per heavy atom. The molecule has 3 aromatic rings. The minimum atomic E-state index is 0.811. The molecule has 0 saturated carbocycles. The quantitative estimate of drug-likeness (QED) is 0.651. The van der Waals surface area contributed by atoms with Crippen LogP contribution in [0.15, 0.2) is 55.1 Å². The Labute approximate surface area is 123 Å². The molecule has 0 bridgehead atoms. The van der Waals surface area contributed by atoms with Crippen molar-refractivity contribution in [2.75, 3.05) is 0 Å². The van der Waals surface area contributed by atoms with Crippen molar-refractivity contribution in [1.29, 1.82) is 0 Å². The van der Waals surface area contributed by atoms with E-state index in [1.165, 1.54) is 0 Å². The van der Waals surface area contributed by atoms with E-state index < -0.39 is 0 Å². The Hall–Kier alpha value is -2.56. The lowest BCUT2D eigenvalue weighted by Crippen LogP contribution is -2.01. The average Bonchev–Trinajstić information content (AvgIpc) is 3.02. The van der Waals surface area contributed by atoms with E-state index in [2.05, 4.69) is 36.9 Å². The van der Waals surface area contributed by atoms with Crippen LogP contribution >= 0.6 is 0 Å². The summed E-state index contributed by atoms with van der Waals surface area (Å²) in [6, 6.07) is 10.3. The molecule has 0 radical (unpaired) electrons. The molecule has 106 valence electrons. The van der Waals surface area contributed by atoms with Crippen molar-refractivity contribution in [2.24, 2.45) is 0 Å². The van der Waals surface area contributed by atoms with Gasteiger partial charge in [-0.05, 0) is 12.8 Å². The van der Waals surface area contributed by atoms with Crippen LogP contribution in [0.3, 0.4) is 0 Å². The fourth-order valence-electron chi connectivity index (χ4n) is 2.29. The van der Waals surface area contributed by atoms with E-state index >= 15 is 0 Å². The number of rotatable bonds is 6. The molecule has 21 heavy (non-hydrogen) atoms. The smallest absolute Gasteiger partial charge is 0.150 e. The van der Waals surface area contributed by atoms with Crippen molar-refractivity contribution in [2.45, 2.75) is 25.8 Å². The molecule has 3 rings (SSSR count). The van der Waals surface area contributed by atoms with Crippen molar-refractivity contribution >= 4 is 0 Å². The second-order valence-corrected chi connectivity index (χ2v) is 4.83. The first kappa shape index (κ1) is 13.4. The molecule has 2 aromatic heterocycles. The molecule has 0 fully saturated rings. The molecule has 0 aliphatic carbocycles. The van der Waals surface area contributed by atoms with Gasteiger partial charge in [-0.3, -0.25) is 0 Å². The number of imidazole rings is 1. The Kier molecular flexibility index (Phi) is 4.31. The maximum absolute atomic E-state index is 4.45. The van der Waals surface area contributed by atoms with Gasteiger partial charge < -0.3 is 4.57 Å². The van der Waals surface area contributed by atoms with Crippen LogP contribution in [-0.4, -0.2) is 24.7 Å². The number of hydrogen-bond acceptors (Lipinski definition) is 4. The van der Waals surface area contributed by atoms with E-state index in [1.54, 1.807) is 12.4 Å². The van der Waals surface area contributed by atoms with E-state index in [9.17, 15) is 0 Å². The van der Waals surface area contributed by atoms with Crippen molar-refractivity contribution in [3.05, 3.63) is 60.9 Å². The van der Waals surface area contributed by atoms with Gasteiger partial charge in [-0.15, -0.1) is 5.10 Å². The van der Waals surface area contributed by atoms with Gasteiger partial charge in [0.05, 0.1) is 6.20 Å². The van der Waals surface area contributed by atoms with Gasteiger partial charge in [0.25, 0.3) is 0 Å². The predicted octanol–water partition coefficient (Wildman–Crippen LogP) is 2.76. The molecule has 0 aliphatic rings. The van der Waals surface area contributed by atoms with Gasteiger partial charge in [0.2, 0.25) is 0 Å². The summed E-state index contributed by atoms with van der Waals surface area (Å²) in [6.45, 7) is 0.949. The summed E-state index contributed by atoms with van der Waals surface area (Å²) in [6.07, 6.45) is 10.1. The van der Waals surface area contributed by atoms with Crippen LogP contribution in [0.1, 0.15) is 18.7 Å². The summed E-state index contributed by atoms with van der Waals surface area (Å²) in [7, 11) is 0. The molecule has 0 unspecified atom stereocenters. The first-order valence-electron chi connectivity index (χ1n) is 7.12. The van der Waals surface area contributed by atoms with Crippen LogP contribution < -0.4 is 0 Å². The standard InChI is InChI=1S/C16H17N5/c1-2-6-14(7-3-1)16-18-11-13-21(16)12-5-4-8-15-17-9-10-19-20-15/h1-3,6-7,9-11,13H,4-5,8,12H2. The van der Waals surface area contributed by atoms with Crippen molar-refractivity contribution in [1.82, 2.24) is 24.7 Å². The maximum atomic E-state index is 4.45. The number of benzene rings is 1. The summed E-state index contributed by atoms with van der Waals surface area (Å²) in [5.74, 6) is 1.83. The van der Waals surface area contributed by atoms with Crippen LogP contribution in [-0.2, 0) is 13.0 Å². The van der Waals surface area contributed by atoms with Gasteiger partial charge in [0, 0.05) is 37.1 Å². The first-order chi connectivity index (χ1) is 10.4. The van der Waals surface area contributed by atoms with Crippen LogP contribution in [0.5, 0.6) is 0 Å². The molecule has 5 heteroatoms. The number of hydrogen-bond donors (Lipinski definition) is 0. The van der Waals surface area contributed by atoms with Crippen molar-refractivity contribution in [3.63, 3.8) is 0 Å². The lowest BCUT2D eigenvalue weighted by molar-refractivity contribution is 0.601. The maximum Gasteiger partial charge on any atom is 0.150 e. The molecule has 0 N–H and O–H groups in total. The lowest BCUT2D eigenvalue weighted by atomic mass is 10.2. The van der Waals surface area contributed by atoms with Crippen LogP contribution in [0.4, 0.5) is 0 Å². The largest absolute Gasteiger partial charge is 0.331 e. The zero-order chi connectivity index (χ0) is 14.3. The van der Waals surface area contributed by atoms with Gasteiger partial charge in [-0.1, -0.05) is 30.3 Å². The molecule has 1 aromatic carbocycles. The molecule has 2 heterocycles. The molecule has 0 amide bonds. The second kappa shape index (κ2) is 6.74. The Balaban J connectivity index is 1.56. The van der Waals surface area contributed by atoms with E-state index in [4.69, 9.17) is 0 Å². The molecular weight excluding hydrogens is 262 g/mol. The lowest BCUT2D eigenvalue weighted by Gasteiger charge is -2.07. The highest BCUT2D eigenvalue weighted by atomic mass is 15.1. The minimum absolute atomic E-state index is 0.811. The normalized spacial score (nSPS) is 10.7. The molecular formula is C16H17N5.